The highest BCUT2D eigenvalue weighted by atomic mass is 31.1. The van der Waals surface area contributed by atoms with Crippen LogP contribution in [0.5, 0.6) is 0 Å². The Labute approximate surface area is 183 Å². The second kappa shape index (κ2) is 8.78. The lowest BCUT2D eigenvalue weighted by atomic mass is 10.1. The van der Waals surface area contributed by atoms with Crippen LogP contribution in [0.15, 0.2) is 43.7 Å². The van der Waals surface area contributed by atoms with Crippen LogP contribution >= 0.6 is 8.25 Å². The Hall–Kier alpha value is -3.14. The fraction of sp³-hybridized carbons (Fsp3) is 0.400. The molecule has 2 aliphatic heterocycles. The second-order valence-corrected chi connectivity index (χ2v) is 8.49. The highest BCUT2D eigenvalue weighted by Gasteiger charge is 2.32. The summed E-state index contributed by atoms with van der Waals surface area (Å²) in [7, 11) is -2.55. The maximum atomic E-state index is 12.2. The quantitative estimate of drug-likeness (QED) is 0.421. The molecular weight excluding hydrogens is 439 g/mol. The third-order valence-electron chi connectivity index (χ3n) is 5.47. The first-order chi connectivity index (χ1) is 15.3. The smallest absolute Gasteiger partial charge is 0.380 e. The molecule has 4 rings (SSSR count). The van der Waals surface area contributed by atoms with Gasteiger partial charge < -0.3 is 20.4 Å². The molecule has 2 aromatic rings. The van der Waals surface area contributed by atoms with Gasteiger partial charge in [0.1, 0.15) is 36.0 Å². The van der Waals surface area contributed by atoms with Crippen LogP contribution in [-0.2, 0) is 13.6 Å². The Morgan fingerprint density at radius 2 is 1.19 bits per heavy atom. The van der Waals surface area contributed by atoms with Crippen LogP contribution in [0.4, 0.5) is 22.7 Å². The number of hydrogen-bond donors (Lipinski definition) is 2. The first-order valence-corrected chi connectivity index (χ1v) is 11.2. The van der Waals surface area contributed by atoms with Crippen LogP contribution < -0.4 is 42.1 Å². The van der Waals surface area contributed by atoms with Gasteiger partial charge >= 0.3 is 8.25 Å². The third kappa shape index (κ3) is 3.79. The Morgan fingerprint density at radius 1 is 0.781 bits per heavy atom. The average Bonchev–Trinajstić information content (AvgIpc) is 3.13. The van der Waals surface area contributed by atoms with Crippen LogP contribution in [0.1, 0.15) is 12.8 Å². The highest BCUT2D eigenvalue weighted by Crippen LogP contribution is 2.31. The number of hydrogen-bond acceptors (Lipinski definition) is 11. The van der Waals surface area contributed by atoms with Crippen LogP contribution in [0, 0.1) is 0 Å². The topological polar surface area (TPSA) is 134 Å². The van der Waals surface area contributed by atoms with Crippen LogP contribution in [0.3, 0.4) is 0 Å². The number of anilines is 4. The fourth-order valence-corrected chi connectivity index (χ4v) is 4.39. The zero-order valence-electron chi connectivity index (χ0n) is 17.3. The summed E-state index contributed by atoms with van der Waals surface area (Å²) < 4.78 is 22.7. The van der Waals surface area contributed by atoms with Crippen molar-refractivity contribution in [3.8, 4) is 0 Å². The Bertz CT molecular complexity index is 1160. The molecule has 0 spiro atoms. The molecule has 2 N–H and O–H groups in total. The Balaban J connectivity index is 1.31. The van der Waals surface area contributed by atoms with E-state index in [4.69, 9.17) is 9.05 Å². The zero-order chi connectivity index (χ0) is 23.0. The molecule has 0 radical (unpaired) electrons. The predicted octanol–water partition coefficient (Wildman–Crippen LogP) is 0.541. The lowest BCUT2D eigenvalue weighted by Gasteiger charge is -2.25. The molecule has 0 aromatic heterocycles. The van der Waals surface area contributed by atoms with E-state index in [1.165, 1.54) is 0 Å². The van der Waals surface area contributed by atoms with Gasteiger partial charge in [-0.05, 0) is 12.8 Å². The summed E-state index contributed by atoms with van der Waals surface area (Å²) in [5.41, 5.74) is -0.475. The molecule has 0 aliphatic carbocycles. The molecule has 11 nitrogen and oxygen atoms in total. The lowest BCUT2D eigenvalue weighted by molar-refractivity contribution is 0.250. The van der Waals surface area contributed by atoms with Crippen LogP contribution in [-0.4, -0.2) is 39.4 Å². The van der Waals surface area contributed by atoms with Crippen molar-refractivity contribution < 1.29 is 13.6 Å². The minimum Gasteiger partial charge on any atom is -0.380 e. The number of nitrogens with zero attached hydrogens (tertiary/aromatic N) is 2. The summed E-state index contributed by atoms with van der Waals surface area (Å²) in [5, 5.41) is 5.86. The van der Waals surface area contributed by atoms with Gasteiger partial charge in [-0.3, -0.25) is 19.2 Å². The van der Waals surface area contributed by atoms with Crippen LogP contribution in [0.25, 0.3) is 0 Å². The molecule has 2 heterocycles. The maximum Gasteiger partial charge on any atom is 0.698 e. The van der Waals surface area contributed by atoms with Gasteiger partial charge in [0.05, 0.1) is 0 Å². The van der Waals surface area contributed by atoms with Crippen molar-refractivity contribution >= 4 is 31.0 Å². The Morgan fingerprint density at radius 3 is 1.59 bits per heavy atom. The van der Waals surface area contributed by atoms with Crippen molar-refractivity contribution in [3.05, 3.63) is 65.4 Å². The molecule has 168 valence electrons. The van der Waals surface area contributed by atoms with Gasteiger partial charge in [0.15, 0.2) is 0 Å². The molecule has 2 aromatic carbocycles. The average molecular weight is 461 g/mol. The number of fused-ring (bicyclic) bond motifs is 2. The molecule has 12 heteroatoms. The molecule has 0 saturated carbocycles. The SMILES string of the molecule is C=C(CO[P+](=O)OCC(=C)N1CCCNc2c1c(=O)c2=O)N1CCCNc2c1c(=O)c2=O. The first kappa shape index (κ1) is 22.1. The van der Waals surface area contributed by atoms with E-state index in [9.17, 15) is 23.7 Å². The van der Waals surface area contributed by atoms with Crippen molar-refractivity contribution in [1.29, 1.82) is 0 Å². The van der Waals surface area contributed by atoms with E-state index in [2.05, 4.69) is 23.8 Å². The zero-order valence-corrected chi connectivity index (χ0v) is 18.2. The highest BCUT2D eigenvalue weighted by molar-refractivity contribution is 7.33. The van der Waals surface area contributed by atoms with Gasteiger partial charge in [-0.1, -0.05) is 13.2 Å². The van der Waals surface area contributed by atoms with Crippen molar-refractivity contribution in [2.45, 2.75) is 12.8 Å². The number of rotatable bonds is 8. The summed E-state index contributed by atoms with van der Waals surface area (Å²) in [6, 6.07) is 0. The molecular formula is C20H22N4O7P+. The second-order valence-electron chi connectivity index (χ2n) is 7.53. The Kier molecular flexibility index (Phi) is 6.05. The molecule has 0 saturated heterocycles. The molecule has 32 heavy (non-hydrogen) atoms. The van der Waals surface area contributed by atoms with Gasteiger partial charge in [0, 0.05) is 42.1 Å². The van der Waals surface area contributed by atoms with Gasteiger partial charge in [0.25, 0.3) is 21.7 Å². The van der Waals surface area contributed by atoms with Crippen LogP contribution in [0.2, 0.25) is 0 Å². The van der Waals surface area contributed by atoms with E-state index in [1.54, 1.807) is 9.80 Å². The fourth-order valence-electron chi connectivity index (χ4n) is 3.81. The molecule has 0 unspecified atom stereocenters. The van der Waals surface area contributed by atoms with Gasteiger partial charge in [-0.25, -0.2) is 0 Å². The van der Waals surface area contributed by atoms with E-state index in [0.717, 1.165) is 0 Å². The van der Waals surface area contributed by atoms with Crippen molar-refractivity contribution in [2.75, 3.05) is 59.8 Å². The van der Waals surface area contributed by atoms with Crippen molar-refractivity contribution in [2.24, 2.45) is 0 Å². The largest absolute Gasteiger partial charge is 0.698 e. The molecule has 0 amide bonds. The van der Waals surface area contributed by atoms with E-state index in [1.807, 2.05) is 0 Å². The van der Waals surface area contributed by atoms with Crippen molar-refractivity contribution in [3.63, 3.8) is 0 Å². The predicted molar refractivity (Wildman–Crippen MR) is 121 cm³/mol. The minimum absolute atomic E-state index is 0.171. The third-order valence-corrected chi connectivity index (χ3v) is 6.15. The standard InChI is InChI=1S/C20H21N4O7P/c1-11(23-7-3-5-21-13-15(23)19(27)17(13)25)9-30-32(29)31-10-12(2)24-8-4-6-22-14-16(24)20(28)18(14)26/h1-10H2,(H-,21,22,27,28)/p+1. The summed E-state index contributed by atoms with van der Waals surface area (Å²) in [4.78, 5) is 50.4. The molecule has 0 bridgehead atoms. The summed E-state index contributed by atoms with van der Waals surface area (Å²) in [6.45, 7) is 9.45. The van der Waals surface area contributed by atoms with E-state index < -0.39 is 30.0 Å². The minimum atomic E-state index is -2.55. The maximum absolute atomic E-state index is 12.2. The normalized spacial score (nSPS) is 15.9. The summed E-state index contributed by atoms with van der Waals surface area (Å²) in [5.74, 6) is 0. The molecule has 0 fully saturated rings. The van der Waals surface area contributed by atoms with Gasteiger partial charge in [-0.2, -0.15) is 0 Å². The summed E-state index contributed by atoms with van der Waals surface area (Å²) in [6.07, 6.45) is 1.36. The summed E-state index contributed by atoms with van der Waals surface area (Å²) >= 11 is 0. The monoisotopic (exact) mass is 461 g/mol. The number of nitrogens with one attached hydrogen (secondary N) is 2. The van der Waals surface area contributed by atoms with E-state index >= 15 is 0 Å². The molecule has 0 atom stereocenters. The first-order valence-electron chi connectivity index (χ1n) is 10.1. The van der Waals surface area contributed by atoms with E-state index in [0.29, 0.717) is 50.4 Å². The lowest BCUT2D eigenvalue weighted by Crippen LogP contribution is -2.41. The van der Waals surface area contributed by atoms with Gasteiger partial charge in [0.2, 0.25) is 0 Å². The van der Waals surface area contributed by atoms with E-state index in [-0.39, 0.29) is 36.0 Å². The van der Waals surface area contributed by atoms with Crippen molar-refractivity contribution in [1.82, 2.24) is 0 Å². The van der Waals surface area contributed by atoms with Gasteiger partial charge in [-0.15, -0.1) is 9.05 Å². The molecule has 2 aliphatic rings.